The van der Waals surface area contributed by atoms with E-state index >= 15 is 0 Å². The maximum Gasteiger partial charge on any atom is 0.303 e. The molecule has 1 fully saturated rings. The SMILES string of the molecule is CCCCCC(O)/C=C/[C@H]1CCCC(=O)N1C/C=C/CCCC(=O)O. The molecular weight excluding hydrogens is 318 g/mol. The third-order valence-corrected chi connectivity index (χ3v) is 4.50. The first kappa shape index (κ1) is 21.4. The number of aliphatic hydroxyl groups is 1. The highest BCUT2D eigenvalue weighted by atomic mass is 16.4. The van der Waals surface area contributed by atoms with Crippen molar-refractivity contribution in [1.29, 1.82) is 0 Å². The normalized spacial score (nSPS) is 19.8. The molecule has 1 aliphatic rings. The molecule has 0 aromatic heterocycles. The number of aliphatic carboxylic acids is 1. The highest BCUT2D eigenvalue weighted by Gasteiger charge is 2.25. The summed E-state index contributed by atoms with van der Waals surface area (Å²) in [4.78, 5) is 24.5. The second-order valence-corrected chi connectivity index (χ2v) is 6.71. The van der Waals surface area contributed by atoms with E-state index in [0.29, 0.717) is 25.8 Å². The molecule has 1 rings (SSSR count). The predicted octanol–water partition coefficient (Wildman–Crippen LogP) is 3.68. The average molecular weight is 351 g/mol. The van der Waals surface area contributed by atoms with Gasteiger partial charge in [-0.3, -0.25) is 9.59 Å². The van der Waals surface area contributed by atoms with Gasteiger partial charge in [-0.1, -0.05) is 50.5 Å². The van der Waals surface area contributed by atoms with Crippen molar-refractivity contribution in [2.45, 2.75) is 83.3 Å². The highest BCUT2D eigenvalue weighted by molar-refractivity contribution is 5.77. The summed E-state index contributed by atoms with van der Waals surface area (Å²) >= 11 is 0. The molecule has 5 heteroatoms. The monoisotopic (exact) mass is 351 g/mol. The highest BCUT2D eigenvalue weighted by Crippen LogP contribution is 2.20. The molecule has 1 amide bonds. The second-order valence-electron chi connectivity index (χ2n) is 6.71. The van der Waals surface area contributed by atoms with Crippen LogP contribution in [0.3, 0.4) is 0 Å². The molecule has 5 nitrogen and oxygen atoms in total. The molecule has 0 radical (unpaired) electrons. The zero-order valence-corrected chi connectivity index (χ0v) is 15.4. The van der Waals surface area contributed by atoms with Gasteiger partial charge < -0.3 is 15.1 Å². The van der Waals surface area contributed by atoms with Crippen LogP contribution >= 0.6 is 0 Å². The summed E-state index contributed by atoms with van der Waals surface area (Å²) in [6.07, 6.45) is 15.2. The van der Waals surface area contributed by atoms with Crippen LogP contribution < -0.4 is 0 Å². The van der Waals surface area contributed by atoms with Gasteiger partial charge >= 0.3 is 5.97 Å². The molecule has 0 aromatic rings. The number of carboxylic acids is 1. The van der Waals surface area contributed by atoms with Gasteiger partial charge in [-0.05, 0) is 32.1 Å². The molecule has 0 aliphatic carbocycles. The molecule has 0 saturated carbocycles. The fourth-order valence-electron chi connectivity index (χ4n) is 3.02. The summed E-state index contributed by atoms with van der Waals surface area (Å²) in [6, 6.07) is 0.0470. The van der Waals surface area contributed by atoms with Crippen LogP contribution in [0.2, 0.25) is 0 Å². The number of allylic oxidation sites excluding steroid dienone is 1. The number of carbonyl (C=O) groups excluding carboxylic acids is 1. The van der Waals surface area contributed by atoms with Crippen molar-refractivity contribution in [3.63, 3.8) is 0 Å². The van der Waals surface area contributed by atoms with Crippen LogP contribution in [-0.4, -0.2) is 45.7 Å². The van der Waals surface area contributed by atoms with Crippen molar-refractivity contribution < 1.29 is 19.8 Å². The Morgan fingerprint density at radius 3 is 2.84 bits per heavy atom. The molecule has 25 heavy (non-hydrogen) atoms. The third-order valence-electron chi connectivity index (χ3n) is 4.50. The van der Waals surface area contributed by atoms with Crippen molar-refractivity contribution in [2.75, 3.05) is 6.54 Å². The van der Waals surface area contributed by atoms with E-state index in [4.69, 9.17) is 5.11 Å². The van der Waals surface area contributed by atoms with Gasteiger partial charge in [0.1, 0.15) is 0 Å². The molecule has 0 aromatic carbocycles. The Balaban J connectivity index is 2.45. The van der Waals surface area contributed by atoms with Gasteiger partial charge in [-0.2, -0.15) is 0 Å². The quantitative estimate of drug-likeness (QED) is 0.415. The molecule has 1 saturated heterocycles. The van der Waals surface area contributed by atoms with Crippen molar-refractivity contribution in [3.8, 4) is 0 Å². The number of piperidine rings is 1. The van der Waals surface area contributed by atoms with Crippen LogP contribution in [0.5, 0.6) is 0 Å². The molecule has 1 heterocycles. The van der Waals surface area contributed by atoms with E-state index in [0.717, 1.165) is 38.5 Å². The molecule has 2 atom stereocenters. The van der Waals surface area contributed by atoms with E-state index < -0.39 is 12.1 Å². The first-order chi connectivity index (χ1) is 12.0. The van der Waals surface area contributed by atoms with Crippen LogP contribution in [0.4, 0.5) is 0 Å². The molecular formula is C20H33NO4. The zero-order chi connectivity index (χ0) is 18.5. The van der Waals surface area contributed by atoms with Gasteiger partial charge in [0.2, 0.25) is 5.91 Å². The molecule has 2 N–H and O–H groups in total. The molecule has 0 bridgehead atoms. The van der Waals surface area contributed by atoms with Crippen LogP contribution in [0.15, 0.2) is 24.3 Å². The number of hydrogen-bond donors (Lipinski definition) is 2. The molecule has 0 spiro atoms. The van der Waals surface area contributed by atoms with E-state index in [1.54, 1.807) is 0 Å². The number of hydrogen-bond acceptors (Lipinski definition) is 3. The van der Waals surface area contributed by atoms with Crippen LogP contribution in [0.1, 0.15) is 71.1 Å². The Bertz CT molecular complexity index is 459. The maximum absolute atomic E-state index is 12.2. The minimum atomic E-state index is -0.776. The fraction of sp³-hybridized carbons (Fsp3) is 0.700. The first-order valence-corrected chi connectivity index (χ1v) is 9.57. The zero-order valence-electron chi connectivity index (χ0n) is 15.4. The van der Waals surface area contributed by atoms with Gasteiger partial charge in [-0.25, -0.2) is 0 Å². The fourth-order valence-corrected chi connectivity index (χ4v) is 3.02. The smallest absolute Gasteiger partial charge is 0.303 e. The molecule has 142 valence electrons. The van der Waals surface area contributed by atoms with E-state index in [9.17, 15) is 14.7 Å². The topological polar surface area (TPSA) is 77.8 Å². The van der Waals surface area contributed by atoms with E-state index in [1.807, 2.05) is 29.2 Å². The standard InChI is InChI=1S/C20H33NO4/c1-2-3-6-11-18(22)15-14-17-10-9-12-19(23)21(17)16-8-5-4-7-13-20(24)25/h5,8,14-15,17-18,22H,2-4,6-7,9-13,16H2,1H3,(H,24,25)/b8-5+,15-14+/t17-,18?/m1/s1. The predicted molar refractivity (Wildman–Crippen MR) is 99.3 cm³/mol. The summed E-state index contributed by atoms with van der Waals surface area (Å²) < 4.78 is 0. The van der Waals surface area contributed by atoms with E-state index in [-0.39, 0.29) is 18.4 Å². The third kappa shape index (κ3) is 9.44. The van der Waals surface area contributed by atoms with Gasteiger partial charge in [0.05, 0.1) is 12.1 Å². The Labute approximate surface area is 151 Å². The minimum Gasteiger partial charge on any atom is -0.481 e. The first-order valence-electron chi connectivity index (χ1n) is 9.57. The number of rotatable bonds is 12. The lowest BCUT2D eigenvalue weighted by Crippen LogP contribution is -2.42. The lowest BCUT2D eigenvalue weighted by Gasteiger charge is -2.33. The summed E-state index contributed by atoms with van der Waals surface area (Å²) in [5.41, 5.74) is 0. The van der Waals surface area contributed by atoms with Crippen molar-refractivity contribution in [1.82, 2.24) is 4.90 Å². The summed E-state index contributed by atoms with van der Waals surface area (Å²) in [6.45, 7) is 2.69. The van der Waals surface area contributed by atoms with Gasteiger partial charge in [0.25, 0.3) is 0 Å². The lowest BCUT2D eigenvalue weighted by atomic mass is 10.00. The lowest BCUT2D eigenvalue weighted by molar-refractivity contribution is -0.137. The average Bonchev–Trinajstić information content (AvgIpc) is 2.57. The number of nitrogens with zero attached hydrogens (tertiary/aromatic N) is 1. The number of unbranched alkanes of at least 4 members (excludes halogenated alkanes) is 3. The summed E-state index contributed by atoms with van der Waals surface area (Å²) in [7, 11) is 0. The Kier molecular flexibility index (Phi) is 10.9. The van der Waals surface area contributed by atoms with Gasteiger partial charge in [0, 0.05) is 19.4 Å². The minimum absolute atomic E-state index is 0.0470. The largest absolute Gasteiger partial charge is 0.481 e. The van der Waals surface area contributed by atoms with E-state index in [1.165, 1.54) is 0 Å². The van der Waals surface area contributed by atoms with Crippen molar-refractivity contribution in [3.05, 3.63) is 24.3 Å². The van der Waals surface area contributed by atoms with Crippen LogP contribution in [0.25, 0.3) is 0 Å². The second kappa shape index (κ2) is 12.7. The summed E-state index contributed by atoms with van der Waals surface area (Å²) in [5, 5.41) is 18.6. The van der Waals surface area contributed by atoms with Crippen molar-refractivity contribution >= 4 is 11.9 Å². The van der Waals surface area contributed by atoms with Gasteiger partial charge in [0.15, 0.2) is 0 Å². The van der Waals surface area contributed by atoms with E-state index in [2.05, 4.69) is 6.92 Å². The Morgan fingerprint density at radius 1 is 1.32 bits per heavy atom. The van der Waals surface area contributed by atoms with Crippen LogP contribution in [-0.2, 0) is 9.59 Å². The number of carboxylic acid groups (broad SMARTS) is 1. The molecule has 1 unspecified atom stereocenters. The number of amides is 1. The summed E-state index contributed by atoms with van der Waals surface area (Å²) in [5.74, 6) is -0.626. The Morgan fingerprint density at radius 2 is 2.12 bits per heavy atom. The van der Waals surface area contributed by atoms with Crippen LogP contribution in [0, 0.1) is 0 Å². The van der Waals surface area contributed by atoms with Gasteiger partial charge in [-0.15, -0.1) is 0 Å². The number of aliphatic hydroxyl groups excluding tert-OH is 1. The molecule has 1 aliphatic heterocycles. The number of carbonyl (C=O) groups is 2. The van der Waals surface area contributed by atoms with Crippen molar-refractivity contribution in [2.24, 2.45) is 0 Å². The maximum atomic E-state index is 12.2. The number of likely N-dealkylation sites (tertiary alicyclic amines) is 1. The Hall–Kier alpha value is -1.62.